The summed E-state index contributed by atoms with van der Waals surface area (Å²) >= 11 is 6.63. The fraction of sp³-hybridized carbons (Fsp3) is 0. The first kappa shape index (κ1) is 12.2. The largest absolute Gasteiger partial charge is 0.506 e. The van der Waals surface area contributed by atoms with Crippen LogP contribution in [0.5, 0.6) is 5.75 Å². The third-order valence-corrected chi connectivity index (χ3v) is 5.05. The Morgan fingerprint density at radius 1 is 1.18 bits per heavy atom. The lowest BCUT2D eigenvalue weighted by atomic mass is 10.3. The van der Waals surface area contributed by atoms with E-state index in [0.29, 0.717) is 4.34 Å². The maximum absolute atomic E-state index is 11.9. The highest BCUT2D eigenvalue weighted by molar-refractivity contribution is 7.94. The Kier molecular flexibility index (Phi) is 3.28. The van der Waals surface area contributed by atoms with Crippen molar-refractivity contribution in [2.45, 2.75) is 4.21 Å². The molecule has 1 aromatic carbocycles. The van der Waals surface area contributed by atoms with E-state index in [2.05, 4.69) is 4.72 Å². The Balaban J connectivity index is 2.33. The van der Waals surface area contributed by atoms with Gasteiger partial charge in [0.15, 0.2) is 0 Å². The molecule has 0 aliphatic carbocycles. The summed E-state index contributed by atoms with van der Waals surface area (Å²) in [6.45, 7) is 0. The van der Waals surface area contributed by atoms with Crippen LogP contribution in [0.2, 0.25) is 4.34 Å². The molecule has 4 nitrogen and oxygen atoms in total. The van der Waals surface area contributed by atoms with Crippen molar-refractivity contribution >= 4 is 38.6 Å². The highest BCUT2D eigenvalue weighted by Gasteiger charge is 2.17. The summed E-state index contributed by atoms with van der Waals surface area (Å²) in [6.07, 6.45) is 0. The van der Waals surface area contributed by atoms with Gasteiger partial charge in [0.05, 0.1) is 10.0 Å². The maximum Gasteiger partial charge on any atom is 0.271 e. The Bertz CT molecular complexity index is 637. The van der Waals surface area contributed by atoms with Crippen molar-refractivity contribution in [3.05, 3.63) is 40.7 Å². The highest BCUT2D eigenvalue weighted by Crippen LogP contribution is 2.29. The van der Waals surface area contributed by atoms with E-state index in [1.807, 2.05) is 0 Å². The quantitative estimate of drug-likeness (QED) is 0.854. The zero-order valence-electron chi connectivity index (χ0n) is 8.42. The number of aromatic hydroxyl groups is 1. The molecule has 0 aliphatic heterocycles. The Morgan fingerprint density at radius 2 is 1.88 bits per heavy atom. The number of nitrogens with one attached hydrogen (secondary N) is 1. The number of halogens is 1. The normalized spacial score (nSPS) is 11.4. The topological polar surface area (TPSA) is 66.4 Å². The van der Waals surface area contributed by atoms with Crippen LogP contribution in [0.4, 0.5) is 5.69 Å². The van der Waals surface area contributed by atoms with E-state index >= 15 is 0 Å². The van der Waals surface area contributed by atoms with Crippen LogP contribution in [0.3, 0.4) is 0 Å². The first-order chi connectivity index (χ1) is 7.99. The van der Waals surface area contributed by atoms with Crippen molar-refractivity contribution in [3.63, 3.8) is 0 Å². The van der Waals surface area contributed by atoms with Gasteiger partial charge in [-0.3, -0.25) is 4.72 Å². The minimum atomic E-state index is -3.69. The zero-order valence-corrected chi connectivity index (χ0v) is 10.8. The van der Waals surface area contributed by atoms with E-state index in [1.54, 1.807) is 12.1 Å². The molecule has 0 atom stereocenters. The van der Waals surface area contributed by atoms with Gasteiger partial charge >= 0.3 is 0 Å². The molecule has 90 valence electrons. The smallest absolute Gasteiger partial charge is 0.271 e. The molecule has 0 saturated carbocycles. The molecule has 2 N–H and O–H groups in total. The molecule has 0 radical (unpaired) electrons. The third-order valence-electron chi connectivity index (χ3n) is 1.96. The summed E-state index contributed by atoms with van der Waals surface area (Å²) in [5, 5.41) is 9.48. The van der Waals surface area contributed by atoms with E-state index < -0.39 is 10.0 Å². The number of rotatable bonds is 3. The predicted molar refractivity (Wildman–Crippen MR) is 68.2 cm³/mol. The number of phenolic OH excluding ortho intramolecular Hbond substituents is 1. The number of thiophene rings is 1. The fourth-order valence-electron chi connectivity index (χ4n) is 1.20. The second kappa shape index (κ2) is 4.56. The van der Waals surface area contributed by atoms with E-state index in [0.717, 1.165) is 11.3 Å². The van der Waals surface area contributed by atoms with Gasteiger partial charge in [0, 0.05) is 0 Å². The van der Waals surface area contributed by atoms with Crippen LogP contribution < -0.4 is 4.72 Å². The summed E-state index contributed by atoms with van der Waals surface area (Å²) in [4.78, 5) is 0. The van der Waals surface area contributed by atoms with Crippen molar-refractivity contribution in [2.75, 3.05) is 4.72 Å². The van der Waals surface area contributed by atoms with Crippen molar-refractivity contribution < 1.29 is 13.5 Å². The summed E-state index contributed by atoms with van der Waals surface area (Å²) in [7, 11) is -3.69. The molecule has 1 aromatic heterocycles. The number of benzene rings is 1. The van der Waals surface area contributed by atoms with Gasteiger partial charge < -0.3 is 5.11 Å². The predicted octanol–water partition coefficient (Wildman–Crippen LogP) is 2.91. The Morgan fingerprint density at radius 3 is 2.47 bits per heavy atom. The van der Waals surface area contributed by atoms with Crippen LogP contribution in [0, 0.1) is 0 Å². The molecule has 7 heteroatoms. The Hall–Kier alpha value is -1.24. The third kappa shape index (κ3) is 2.71. The minimum Gasteiger partial charge on any atom is -0.506 e. The summed E-state index contributed by atoms with van der Waals surface area (Å²) in [5.74, 6) is -0.126. The van der Waals surface area contributed by atoms with Gasteiger partial charge in [-0.15, -0.1) is 11.3 Å². The van der Waals surface area contributed by atoms with E-state index in [9.17, 15) is 13.5 Å². The molecule has 0 spiro atoms. The average molecular weight is 290 g/mol. The molecule has 2 aromatic rings. The van der Waals surface area contributed by atoms with Gasteiger partial charge in [-0.2, -0.15) is 0 Å². The lowest BCUT2D eigenvalue weighted by Gasteiger charge is -2.07. The molecule has 0 fully saturated rings. The highest BCUT2D eigenvalue weighted by atomic mass is 35.5. The summed E-state index contributed by atoms with van der Waals surface area (Å²) in [5.41, 5.74) is 0.136. The van der Waals surface area contributed by atoms with Crippen LogP contribution >= 0.6 is 22.9 Å². The lowest BCUT2D eigenvalue weighted by Crippen LogP contribution is -2.11. The molecule has 2 rings (SSSR count). The number of hydrogen-bond acceptors (Lipinski definition) is 4. The van der Waals surface area contributed by atoms with E-state index in [4.69, 9.17) is 11.6 Å². The van der Waals surface area contributed by atoms with Crippen LogP contribution in [0.25, 0.3) is 0 Å². The van der Waals surface area contributed by atoms with Crippen LogP contribution in [0.1, 0.15) is 0 Å². The van der Waals surface area contributed by atoms with E-state index in [-0.39, 0.29) is 15.6 Å². The molecule has 0 aliphatic rings. The standard InChI is InChI=1S/C10H8ClNO3S2/c11-9-5-6-10(16-9)17(14,15)12-7-3-1-2-4-8(7)13/h1-6,12-13H. The van der Waals surface area contributed by atoms with Crippen molar-refractivity contribution in [1.82, 2.24) is 0 Å². The molecule has 0 unspecified atom stereocenters. The van der Waals surface area contributed by atoms with Crippen LogP contribution in [-0.2, 0) is 10.0 Å². The fourth-order valence-corrected chi connectivity index (χ4v) is 3.75. The monoisotopic (exact) mass is 289 g/mol. The van der Waals surface area contributed by atoms with Gasteiger partial charge in [-0.1, -0.05) is 23.7 Å². The first-order valence-corrected chi connectivity index (χ1v) is 7.23. The molecule has 0 saturated heterocycles. The van der Waals surface area contributed by atoms with Crippen molar-refractivity contribution in [1.29, 1.82) is 0 Å². The van der Waals surface area contributed by atoms with Gasteiger partial charge in [0.25, 0.3) is 10.0 Å². The minimum absolute atomic E-state index is 0.103. The molecule has 0 amide bonds. The SMILES string of the molecule is O=S(=O)(Nc1ccccc1O)c1ccc(Cl)s1. The van der Waals surface area contributed by atoms with Gasteiger partial charge in [0.2, 0.25) is 0 Å². The van der Waals surface area contributed by atoms with E-state index in [1.165, 1.54) is 24.3 Å². The lowest BCUT2D eigenvalue weighted by molar-refractivity contribution is 0.477. The zero-order chi connectivity index (χ0) is 12.5. The molecule has 0 bridgehead atoms. The van der Waals surface area contributed by atoms with Gasteiger partial charge in [0.1, 0.15) is 9.96 Å². The van der Waals surface area contributed by atoms with Crippen LogP contribution in [-0.4, -0.2) is 13.5 Å². The van der Waals surface area contributed by atoms with Crippen LogP contribution in [0.15, 0.2) is 40.6 Å². The average Bonchev–Trinajstić information content (AvgIpc) is 2.69. The molecule has 17 heavy (non-hydrogen) atoms. The number of phenols is 1. The van der Waals surface area contributed by atoms with Crippen molar-refractivity contribution in [2.24, 2.45) is 0 Å². The number of anilines is 1. The van der Waals surface area contributed by atoms with Crippen molar-refractivity contribution in [3.8, 4) is 5.75 Å². The van der Waals surface area contributed by atoms with Gasteiger partial charge in [-0.05, 0) is 24.3 Å². The number of para-hydroxylation sites is 2. The second-order valence-corrected chi connectivity index (χ2v) is 6.81. The Labute approximate surface area is 108 Å². The molecular formula is C10H8ClNO3S2. The maximum atomic E-state index is 11.9. The first-order valence-electron chi connectivity index (χ1n) is 4.55. The summed E-state index contributed by atoms with van der Waals surface area (Å²) in [6, 6.07) is 9.02. The molecule has 1 heterocycles. The number of hydrogen-bond donors (Lipinski definition) is 2. The number of sulfonamides is 1. The second-order valence-electron chi connectivity index (χ2n) is 3.18. The van der Waals surface area contributed by atoms with Gasteiger partial charge in [-0.25, -0.2) is 8.42 Å². The molecular weight excluding hydrogens is 282 g/mol. The summed E-state index contributed by atoms with van der Waals surface area (Å²) < 4.78 is 26.6.